The van der Waals surface area contributed by atoms with Gasteiger partial charge >= 0.3 is 5.97 Å². The van der Waals surface area contributed by atoms with Gasteiger partial charge in [-0.15, -0.1) is 0 Å². The molecule has 3 nitrogen and oxygen atoms in total. The van der Waals surface area contributed by atoms with Gasteiger partial charge in [0.15, 0.2) is 0 Å². The number of esters is 1. The highest BCUT2D eigenvalue weighted by molar-refractivity contribution is 5.89. The van der Waals surface area contributed by atoms with Gasteiger partial charge in [0.1, 0.15) is 11.9 Å². The Balaban J connectivity index is 1.72. The number of rotatable bonds is 2. The van der Waals surface area contributed by atoms with E-state index in [1.807, 2.05) is 18.2 Å². The van der Waals surface area contributed by atoms with E-state index in [1.165, 1.54) is 0 Å². The minimum atomic E-state index is -0.247. The summed E-state index contributed by atoms with van der Waals surface area (Å²) in [5, 5.41) is 0. The van der Waals surface area contributed by atoms with Gasteiger partial charge in [0.05, 0.1) is 5.56 Å². The van der Waals surface area contributed by atoms with Gasteiger partial charge in [0.25, 0.3) is 0 Å². The molecule has 118 valence electrons. The second kappa shape index (κ2) is 5.86. The molecule has 0 unspecified atom stereocenters. The Hall–Kier alpha value is -1.64. The number of fused-ring (bicyclic) bond motifs is 1. The minimum Gasteiger partial charge on any atom is -0.458 e. The number of ketones is 1. The molecule has 1 aromatic rings. The molecule has 4 atom stereocenters. The number of carbonyl (C=O) groups is 2. The van der Waals surface area contributed by atoms with Gasteiger partial charge in [0, 0.05) is 11.8 Å². The summed E-state index contributed by atoms with van der Waals surface area (Å²) in [6.45, 7) is 4.26. The molecule has 0 aromatic heterocycles. The zero-order chi connectivity index (χ0) is 15.7. The highest BCUT2D eigenvalue weighted by Crippen LogP contribution is 2.51. The van der Waals surface area contributed by atoms with Crippen molar-refractivity contribution in [2.24, 2.45) is 17.3 Å². The summed E-state index contributed by atoms with van der Waals surface area (Å²) >= 11 is 0. The Bertz CT molecular complexity index is 565. The fourth-order valence-corrected chi connectivity index (χ4v) is 4.37. The van der Waals surface area contributed by atoms with Crippen molar-refractivity contribution in [3.05, 3.63) is 35.9 Å². The third-order valence-corrected chi connectivity index (χ3v) is 5.81. The third kappa shape index (κ3) is 2.57. The summed E-state index contributed by atoms with van der Waals surface area (Å²) in [5.41, 5.74) is 0.399. The molecule has 1 aromatic carbocycles. The van der Waals surface area contributed by atoms with Crippen LogP contribution in [-0.4, -0.2) is 17.9 Å². The van der Waals surface area contributed by atoms with Gasteiger partial charge in [-0.2, -0.15) is 0 Å². The molecule has 0 amide bonds. The molecule has 2 saturated carbocycles. The molecule has 0 aliphatic heterocycles. The molecular weight excluding hydrogens is 276 g/mol. The van der Waals surface area contributed by atoms with Crippen molar-refractivity contribution in [1.29, 1.82) is 0 Å². The van der Waals surface area contributed by atoms with E-state index in [1.54, 1.807) is 12.1 Å². The Labute approximate surface area is 132 Å². The minimum absolute atomic E-state index is 0.0725. The van der Waals surface area contributed by atoms with Gasteiger partial charge in [-0.05, 0) is 49.7 Å². The third-order valence-electron chi connectivity index (χ3n) is 5.81. The second-order valence-corrected chi connectivity index (χ2v) is 7.05. The van der Waals surface area contributed by atoms with Gasteiger partial charge in [-0.1, -0.05) is 32.0 Å². The summed E-state index contributed by atoms with van der Waals surface area (Å²) < 4.78 is 5.77. The van der Waals surface area contributed by atoms with Crippen LogP contribution in [0.2, 0.25) is 0 Å². The van der Waals surface area contributed by atoms with Crippen molar-refractivity contribution >= 4 is 11.8 Å². The van der Waals surface area contributed by atoms with Crippen molar-refractivity contribution in [3.8, 4) is 0 Å². The van der Waals surface area contributed by atoms with E-state index >= 15 is 0 Å². The molecule has 2 aliphatic rings. The smallest absolute Gasteiger partial charge is 0.338 e. The van der Waals surface area contributed by atoms with Gasteiger partial charge < -0.3 is 4.74 Å². The van der Waals surface area contributed by atoms with Crippen LogP contribution < -0.4 is 0 Å². The summed E-state index contributed by atoms with van der Waals surface area (Å²) in [6.07, 6.45) is 4.32. The first-order chi connectivity index (χ1) is 10.5. The average molecular weight is 300 g/mol. The molecule has 2 aliphatic carbocycles. The largest absolute Gasteiger partial charge is 0.458 e. The van der Waals surface area contributed by atoms with Crippen LogP contribution in [0.5, 0.6) is 0 Å². The lowest BCUT2D eigenvalue weighted by molar-refractivity contribution is -0.143. The molecule has 3 heteroatoms. The topological polar surface area (TPSA) is 43.4 Å². The Kier molecular flexibility index (Phi) is 4.07. The van der Waals surface area contributed by atoms with Crippen LogP contribution in [0.1, 0.15) is 56.3 Å². The summed E-state index contributed by atoms with van der Waals surface area (Å²) in [7, 11) is 0. The van der Waals surface area contributed by atoms with Gasteiger partial charge in [0.2, 0.25) is 0 Å². The van der Waals surface area contributed by atoms with Crippen LogP contribution in [0.25, 0.3) is 0 Å². The molecule has 0 spiro atoms. The first-order valence-corrected chi connectivity index (χ1v) is 8.32. The quantitative estimate of drug-likeness (QED) is 0.775. The highest BCUT2D eigenvalue weighted by Gasteiger charge is 2.51. The molecule has 0 heterocycles. The number of benzene rings is 1. The van der Waals surface area contributed by atoms with Crippen molar-refractivity contribution in [1.82, 2.24) is 0 Å². The van der Waals surface area contributed by atoms with E-state index in [4.69, 9.17) is 4.74 Å². The Morgan fingerprint density at radius 2 is 1.95 bits per heavy atom. The first-order valence-electron chi connectivity index (χ1n) is 8.32. The Morgan fingerprint density at radius 1 is 1.23 bits per heavy atom. The number of ether oxygens (including phenoxy) is 1. The number of carbonyl (C=O) groups excluding carboxylic acids is 2. The standard InChI is InChI=1S/C19H24O3/c1-13-15-9-6-10-17(20)19(15,2)12-11-16(13)22-18(21)14-7-4-3-5-8-14/h3-5,7-8,13,15-16H,6,9-12H2,1-2H3/t13-,15-,16-,19-/m1/s1. The molecule has 0 saturated heterocycles. The van der Waals surface area contributed by atoms with E-state index in [2.05, 4.69) is 13.8 Å². The van der Waals surface area contributed by atoms with Crippen LogP contribution in [0, 0.1) is 17.3 Å². The maximum atomic E-state index is 12.3. The van der Waals surface area contributed by atoms with Crippen molar-refractivity contribution in [3.63, 3.8) is 0 Å². The van der Waals surface area contributed by atoms with E-state index in [0.29, 0.717) is 23.7 Å². The predicted molar refractivity (Wildman–Crippen MR) is 84.5 cm³/mol. The van der Waals surface area contributed by atoms with Crippen molar-refractivity contribution in [2.75, 3.05) is 0 Å². The lowest BCUT2D eigenvalue weighted by Crippen LogP contribution is -2.50. The molecular formula is C19H24O3. The maximum Gasteiger partial charge on any atom is 0.338 e. The van der Waals surface area contributed by atoms with E-state index in [9.17, 15) is 9.59 Å². The zero-order valence-corrected chi connectivity index (χ0v) is 13.4. The van der Waals surface area contributed by atoms with Gasteiger partial charge in [-0.25, -0.2) is 4.79 Å². The molecule has 0 bridgehead atoms. The number of hydrogen-bond acceptors (Lipinski definition) is 3. The average Bonchev–Trinajstić information content (AvgIpc) is 2.53. The molecule has 0 N–H and O–H groups in total. The lowest BCUT2D eigenvalue weighted by Gasteiger charge is -2.49. The second-order valence-electron chi connectivity index (χ2n) is 7.05. The molecule has 22 heavy (non-hydrogen) atoms. The fourth-order valence-electron chi connectivity index (χ4n) is 4.37. The highest BCUT2D eigenvalue weighted by atomic mass is 16.5. The number of Topliss-reactive ketones (excluding diaryl/α,β-unsaturated/α-hetero) is 1. The van der Waals surface area contributed by atoms with Crippen molar-refractivity contribution in [2.45, 2.75) is 52.1 Å². The first kappa shape index (κ1) is 15.3. The normalized spacial score (nSPS) is 34.8. The van der Waals surface area contributed by atoms with E-state index in [-0.39, 0.29) is 23.4 Å². The van der Waals surface area contributed by atoms with Crippen LogP contribution in [0.4, 0.5) is 0 Å². The van der Waals surface area contributed by atoms with Crippen LogP contribution in [0.3, 0.4) is 0 Å². The predicted octanol–water partition coefficient (Wildman–Crippen LogP) is 4.02. The number of hydrogen-bond donors (Lipinski definition) is 0. The summed E-state index contributed by atoms with van der Waals surface area (Å²) in [4.78, 5) is 24.6. The van der Waals surface area contributed by atoms with Crippen LogP contribution in [0.15, 0.2) is 30.3 Å². The molecule has 0 radical (unpaired) electrons. The van der Waals surface area contributed by atoms with Crippen LogP contribution in [-0.2, 0) is 9.53 Å². The monoisotopic (exact) mass is 300 g/mol. The zero-order valence-electron chi connectivity index (χ0n) is 13.4. The molecule has 3 rings (SSSR count). The Morgan fingerprint density at radius 3 is 2.68 bits per heavy atom. The lowest BCUT2D eigenvalue weighted by atomic mass is 9.56. The summed E-state index contributed by atoms with van der Waals surface area (Å²) in [5.74, 6) is 0.748. The maximum absolute atomic E-state index is 12.3. The molecule has 2 fully saturated rings. The summed E-state index contributed by atoms with van der Waals surface area (Å²) in [6, 6.07) is 9.14. The van der Waals surface area contributed by atoms with Crippen LogP contribution >= 0.6 is 0 Å². The van der Waals surface area contributed by atoms with Crippen molar-refractivity contribution < 1.29 is 14.3 Å². The van der Waals surface area contributed by atoms with Gasteiger partial charge in [-0.3, -0.25) is 4.79 Å². The van der Waals surface area contributed by atoms with E-state index in [0.717, 1.165) is 25.7 Å². The SMILES string of the molecule is C[C@@H]1[C@H]2CCCC(=O)[C@]2(C)CC[C@H]1OC(=O)c1ccccc1. The fraction of sp³-hybridized carbons (Fsp3) is 0.579. The van der Waals surface area contributed by atoms with E-state index < -0.39 is 0 Å².